The number of rotatable bonds is 6. The summed E-state index contributed by atoms with van der Waals surface area (Å²) >= 11 is 6.07. The van der Waals surface area contributed by atoms with Gasteiger partial charge < -0.3 is 20.1 Å². The largest absolute Gasteiger partial charge is 0.445 e. The molecular weight excluding hydrogens is 443 g/mol. The summed E-state index contributed by atoms with van der Waals surface area (Å²) in [5.41, 5.74) is 2.38. The average Bonchev–Trinajstić information content (AvgIpc) is 2.83. The Balaban J connectivity index is 1.52. The smallest absolute Gasteiger partial charge is 0.410 e. The number of piperidine rings is 1. The molecule has 1 amide bonds. The van der Waals surface area contributed by atoms with Gasteiger partial charge in [0.15, 0.2) is 0 Å². The van der Waals surface area contributed by atoms with E-state index in [0.717, 1.165) is 11.1 Å². The first-order chi connectivity index (χ1) is 16.0. The summed E-state index contributed by atoms with van der Waals surface area (Å²) in [6, 6.07) is 22.6. The minimum absolute atomic E-state index is 0.186. The Hall–Kier alpha value is -3.09. The van der Waals surface area contributed by atoms with Crippen LogP contribution >= 0.6 is 11.6 Å². The van der Waals surface area contributed by atoms with E-state index in [1.807, 2.05) is 42.5 Å². The number of aliphatic hydroxyl groups is 1. The molecule has 0 radical (unpaired) electrons. The fourth-order valence-electron chi connectivity index (χ4n) is 4.14. The Morgan fingerprint density at radius 2 is 1.88 bits per heavy atom. The number of likely N-dealkylation sites (tertiary alicyclic amines) is 1. The van der Waals surface area contributed by atoms with E-state index in [9.17, 15) is 14.3 Å². The first-order valence-electron chi connectivity index (χ1n) is 10.9. The van der Waals surface area contributed by atoms with Gasteiger partial charge in [-0.3, -0.25) is 0 Å². The van der Waals surface area contributed by atoms with E-state index in [2.05, 4.69) is 5.32 Å². The van der Waals surface area contributed by atoms with Gasteiger partial charge in [-0.1, -0.05) is 60.1 Å². The molecule has 33 heavy (non-hydrogen) atoms. The molecule has 3 aromatic rings. The van der Waals surface area contributed by atoms with E-state index in [0.29, 0.717) is 30.2 Å². The van der Waals surface area contributed by atoms with Crippen LogP contribution in [0.2, 0.25) is 5.02 Å². The number of amides is 1. The highest BCUT2D eigenvalue weighted by Gasteiger charge is 2.37. The van der Waals surface area contributed by atoms with Crippen molar-refractivity contribution in [3.05, 3.63) is 101 Å². The SMILES string of the molecule is O=C(OCc1ccccc1)N1CC[C@H](O)[C@H]([C@H](Nc2cccc(F)c2)c2ccc(Cl)cc2)C1. The highest BCUT2D eigenvalue weighted by Crippen LogP contribution is 2.34. The summed E-state index contributed by atoms with van der Waals surface area (Å²) in [5.74, 6) is -0.697. The lowest BCUT2D eigenvalue weighted by molar-refractivity contribution is 0.0117. The van der Waals surface area contributed by atoms with Crippen LogP contribution in [0.3, 0.4) is 0 Å². The van der Waals surface area contributed by atoms with Gasteiger partial charge in [0.2, 0.25) is 0 Å². The van der Waals surface area contributed by atoms with Crippen LogP contribution in [0.15, 0.2) is 78.9 Å². The van der Waals surface area contributed by atoms with Crippen LogP contribution < -0.4 is 5.32 Å². The zero-order valence-corrected chi connectivity index (χ0v) is 18.8. The number of nitrogens with one attached hydrogen (secondary N) is 1. The summed E-state index contributed by atoms with van der Waals surface area (Å²) in [4.78, 5) is 14.4. The highest BCUT2D eigenvalue weighted by molar-refractivity contribution is 6.30. The van der Waals surface area contributed by atoms with Gasteiger partial charge in [0.1, 0.15) is 12.4 Å². The number of benzene rings is 3. The van der Waals surface area contributed by atoms with Gasteiger partial charge in [-0.15, -0.1) is 0 Å². The normalized spacial score (nSPS) is 19.1. The second-order valence-electron chi connectivity index (χ2n) is 8.19. The van der Waals surface area contributed by atoms with Crippen molar-refractivity contribution in [2.45, 2.75) is 25.2 Å². The number of carbonyl (C=O) groups excluding carboxylic acids is 1. The zero-order valence-electron chi connectivity index (χ0n) is 18.0. The highest BCUT2D eigenvalue weighted by atomic mass is 35.5. The first kappa shape index (κ1) is 23.1. The summed E-state index contributed by atoms with van der Waals surface area (Å²) in [6.07, 6.45) is -0.652. The third-order valence-corrected chi connectivity index (χ3v) is 6.14. The Kier molecular flexibility index (Phi) is 7.47. The van der Waals surface area contributed by atoms with E-state index in [1.54, 1.807) is 29.2 Å². The molecule has 3 atom stereocenters. The maximum atomic E-state index is 13.8. The molecule has 0 aliphatic carbocycles. The van der Waals surface area contributed by atoms with Crippen LogP contribution in [0, 0.1) is 11.7 Å². The molecule has 1 heterocycles. The number of carbonyl (C=O) groups is 1. The van der Waals surface area contributed by atoms with E-state index in [4.69, 9.17) is 16.3 Å². The number of nitrogens with zero attached hydrogens (tertiary/aromatic N) is 1. The molecule has 7 heteroatoms. The van der Waals surface area contributed by atoms with Gasteiger partial charge in [-0.05, 0) is 47.9 Å². The molecule has 4 rings (SSSR count). The Labute approximate surface area is 197 Å². The first-order valence-corrected chi connectivity index (χ1v) is 11.3. The van der Waals surface area contributed by atoms with Gasteiger partial charge in [0.25, 0.3) is 0 Å². The molecular formula is C26H26ClFN2O3. The second-order valence-corrected chi connectivity index (χ2v) is 8.63. The molecule has 5 nitrogen and oxygen atoms in total. The lowest BCUT2D eigenvalue weighted by Crippen LogP contribution is -2.49. The minimum atomic E-state index is -0.648. The van der Waals surface area contributed by atoms with Crippen molar-refractivity contribution in [1.29, 1.82) is 0 Å². The molecule has 3 aromatic carbocycles. The Morgan fingerprint density at radius 1 is 1.12 bits per heavy atom. The number of anilines is 1. The number of hydrogen-bond donors (Lipinski definition) is 2. The van der Waals surface area contributed by atoms with Crippen molar-refractivity contribution >= 4 is 23.4 Å². The van der Waals surface area contributed by atoms with Crippen molar-refractivity contribution in [3.63, 3.8) is 0 Å². The molecule has 0 bridgehead atoms. The summed E-state index contributed by atoms with van der Waals surface area (Å²) in [5, 5.41) is 14.8. The third kappa shape index (κ3) is 6.03. The predicted molar refractivity (Wildman–Crippen MR) is 127 cm³/mol. The maximum Gasteiger partial charge on any atom is 0.410 e. The molecule has 1 fully saturated rings. The topological polar surface area (TPSA) is 61.8 Å². The van der Waals surface area contributed by atoms with Crippen molar-refractivity contribution in [3.8, 4) is 0 Å². The predicted octanol–water partition coefficient (Wildman–Crippen LogP) is 5.65. The van der Waals surface area contributed by atoms with Crippen LogP contribution in [0.1, 0.15) is 23.6 Å². The van der Waals surface area contributed by atoms with Crippen LogP contribution in [0.25, 0.3) is 0 Å². The van der Waals surface area contributed by atoms with Gasteiger partial charge in [0, 0.05) is 29.7 Å². The number of ether oxygens (including phenoxy) is 1. The monoisotopic (exact) mass is 468 g/mol. The van der Waals surface area contributed by atoms with Crippen molar-refractivity contribution < 1.29 is 19.0 Å². The molecule has 172 valence electrons. The Bertz CT molecular complexity index is 1060. The molecule has 0 unspecified atom stereocenters. The summed E-state index contributed by atoms with van der Waals surface area (Å²) in [6.45, 7) is 0.883. The van der Waals surface area contributed by atoms with Crippen molar-refractivity contribution in [1.82, 2.24) is 4.90 Å². The lowest BCUT2D eigenvalue weighted by Gasteiger charge is -2.40. The average molecular weight is 469 g/mol. The third-order valence-electron chi connectivity index (χ3n) is 5.89. The van der Waals surface area contributed by atoms with Gasteiger partial charge in [0.05, 0.1) is 12.1 Å². The van der Waals surface area contributed by atoms with E-state index >= 15 is 0 Å². The lowest BCUT2D eigenvalue weighted by atomic mass is 9.84. The van der Waals surface area contributed by atoms with Crippen LogP contribution in [0.4, 0.5) is 14.9 Å². The molecule has 0 spiro atoms. The molecule has 0 aromatic heterocycles. The summed E-state index contributed by atoms with van der Waals surface area (Å²) < 4.78 is 19.3. The minimum Gasteiger partial charge on any atom is -0.445 e. The van der Waals surface area contributed by atoms with Gasteiger partial charge >= 0.3 is 6.09 Å². The number of hydrogen-bond acceptors (Lipinski definition) is 4. The van der Waals surface area contributed by atoms with Crippen molar-refractivity contribution in [2.75, 3.05) is 18.4 Å². The standard InChI is InChI=1S/C26H26ClFN2O3/c27-20-11-9-19(10-12-20)25(29-22-8-4-7-21(28)15-22)23-16-30(14-13-24(23)31)26(32)33-17-18-5-2-1-3-6-18/h1-12,15,23-25,29,31H,13-14,16-17H2/t23-,24+,25-/m1/s1. The fourth-order valence-corrected chi connectivity index (χ4v) is 4.27. The number of halogens is 2. The fraction of sp³-hybridized carbons (Fsp3) is 0.269. The van der Waals surface area contributed by atoms with Crippen LogP contribution in [0.5, 0.6) is 0 Å². The van der Waals surface area contributed by atoms with E-state index < -0.39 is 12.2 Å². The van der Waals surface area contributed by atoms with E-state index in [-0.39, 0.29) is 24.4 Å². The van der Waals surface area contributed by atoms with Gasteiger partial charge in [-0.25, -0.2) is 9.18 Å². The van der Waals surface area contributed by atoms with Gasteiger partial charge in [-0.2, -0.15) is 0 Å². The second kappa shape index (κ2) is 10.7. The number of aliphatic hydroxyl groups excluding tert-OH is 1. The quantitative estimate of drug-likeness (QED) is 0.490. The van der Waals surface area contributed by atoms with Crippen LogP contribution in [-0.4, -0.2) is 35.3 Å². The van der Waals surface area contributed by atoms with E-state index in [1.165, 1.54) is 12.1 Å². The Morgan fingerprint density at radius 3 is 2.61 bits per heavy atom. The molecule has 1 aliphatic heterocycles. The zero-order chi connectivity index (χ0) is 23.2. The summed E-state index contributed by atoms with van der Waals surface area (Å²) in [7, 11) is 0. The molecule has 2 N–H and O–H groups in total. The maximum absolute atomic E-state index is 13.8. The molecule has 0 saturated carbocycles. The van der Waals surface area contributed by atoms with Crippen molar-refractivity contribution in [2.24, 2.45) is 5.92 Å². The molecule has 1 saturated heterocycles. The molecule has 1 aliphatic rings. The van der Waals surface area contributed by atoms with Crippen LogP contribution in [-0.2, 0) is 11.3 Å².